The van der Waals surface area contributed by atoms with Crippen LogP contribution in [0, 0.1) is 0 Å². The second-order valence-corrected chi connectivity index (χ2v) is 8.62. The second kappa shape index (κ2) is 9.89. The molecule has 0 aliphatic rings. The van der Waals surface area contributed by atoms with Gasteiger partial charge < -0.3 is 9.47 Å². The first-order chi connectivity index (χ1) is 17.0. The highest BCUT2D eigenvalue weighted by atomic mass is 19.4. The Kier molecular flexibility index (Phi) is 9.32. The molecular weight excluding hydrogens is 626 g/mol. The average molecular weight is 638 g/mol. The van der Waals surface area contributed by atoms with E-state index in [0.29, 0.717) is 0 Å². The summed E-state index contributed by atoms with van der Waals surface area (Å²) in [5.74, 6) is -22.1. The number of alkyl halides is 15. The van der Waals surface area contributed by atoms with Crippen molar-refractivity contribution in [2.75, 3.05) is 0 Å². The van der Waals surface area contributed by atoms with Crippen LogP contribution in [0.25, 0.3) is 0 Å². The van der Waals surface area contributed by atoms with E-state index in [4.69, 9.17) is 0 Å². The molecule has 0 heterocycles. The average Bonchev–Trinajstić information content (AvgIpc) is 2.68. The van der Waals surface area contributed by atoms with E-state index in [-0.39, 0.29) is 0 Å². The first kappa shape index (κ1) is 37.7. The Morgan fingerprint density at radius 1 is 0.475 bits per heavy atom. The fourth-order valence-corrected chi connectivity index (χ4v) is 3.01. The van der Waals surface area contributed by atoms with Gasteiger partial charge in [0, 0.05) is 0 Å². The van der Waals surface area contributed by atoms with Crippen LogP contribution in [0.3, 0.4) is 0 Å². The predicted molar refractivity (Wildman–Crippen MR) is 87.1 cm³/mol. The number of ether oxygens (including phenoxy) is 2. The minimum Gasteiger partial charge on any atom is -0.325 e. The maximum atomic E-state index is 15.3. The van der Waals surface area contributed by atoms with Gasteiger partial charge in [-0.1, -0.05) is 0 Å². The van der Waals surface area contributed by atoms with Gasteiger partial charge in [-0.15, -0.1) is 0 Å². The molecule has 2 unspecified atom stereocenters. The summed E-state index contributed by atoms with van der Waals surface area (Å²) >= 11 is 0. The van der Waals surface area contributed by atoms with Gasteiger partial charge >= 0.3 is 65.6 Å². The van der Waals surface area contributed by atoms with E-state index >= 15 is 4.39 Å². The fourth-order valence-electron chi connectivity index (χ4n) is 3.01. The third-order valence-corrected chi connectivity index (χ3v) is 5.19. The van der Waals surface area contributed by atoms with E-state index in [1.165, 1.54) is 0 Å². The standard InChI is InChI=1S/C17H12F18O5/c1-8(2,10(21,5(18)36)15(28,29)30)40-17(34,35)13(26,16(31,32)33)9(3,4)39-14(27,11(22,23)6(19)37)12(24,25)7(20)38/h1-4H3. The summed E-state index contributed by atoms with van der Waals surface area (Å²) in [7, 11) is 0. The number of hydrogen-bond donors (Lipinski definition) is 0. The van der Waals surface area contributed by atoms with Crippen LogP contribution in [-0.2, 0) is 23.9 Å². The van der Waals surface area contributed by atoms with Crippen LogP contribution in [0.5, 0.6) is 0 Å². The summed E-state index contributed by atoms with van der Waals surface area (Å²) in [5.41, 5.74) is -24.3. The maximum Gasteiger partial charge on any atom is 0.435 e. The molecule has 0 rings (SSSR count). The Balaban J connectivity index is 7.54. The van der Waals surface area contributed by atoms with Crippen molar-refractivity contribution in [3.05, 3.63) is 0 Å². The lowest BCUT2D eigenvalue weighted by Crippen LogP contribution is -2.75. The number of rotatable bonds is 12. The van der Waals surface area contributed by atoms with Gasteiger partial charge in [0.15, 0.2) is 0 Å². The number of carbonyl (C=O) groups excluding carboxylic acids is 3. The lowest BCUT2D eigenvalue weighted by atomic mass is 9.82. The summed E-state index contributed by atoms with van der Waals surface area (Å²) < 4.78 is 252. The maximum absolute atomic E-state index is 15.3. The Morgan fingerprint density at radius 2 is 0.800 bits per heavy atom. The summed E-state index contributed by atoms with van der Waals surface area (Å²) in [6, 6.07) is -13.7. The van der Waals surface area contributed by atoms with Crippen molar-refractivity contribution in [2.24, 2.45) is 0 Å². The molecule has 0 aromatic carbocycles. The number of carbonyl (C=O) groups is 3. The van der Waals surface area contributed by atoms with Crippen LogP contribution in [0.1, 0.15) is 27.7 Å². The predicted octanol–water partition coefficient (Wildman–Crippen LogP) is 6.14. The zero-order chi connectivity index (χ0) is 33.1. The lowest BCUT2D eigenvalue weighted by Gasteiger charge is -2.50. The van der Waals surface area contributed by atoms with E-state index < -0.39 is 105 Å². The van der Waals surface area contributed by atoms with E-state index in [2.05, 4.69) is 9.47 Å². The minimum absolute atomic E-state index is 0.748. The summed E-state index contributed by atoms with van der Waals surface area (Å²) in [6.45, 7) is -3.63. The minimum atomic E-state index is -7.63. The van der Waals surface area contributed by atoms with Crippen LogP contribution in [0.15, 0.2) is 0 Å². The van der Waals surface area contributed by atoms with Crippen LogP contribution in [0.2, 0.25) is 0 Å². The molecular formula is C17H12F18O5. The highest BCUT2D eigenvalue weighted by Crippen LogP contribution is 2.59. The molecule has 0 N–H and O–H groups in total. The monoisotopic (exact) mass is 638 g/mol. The third-order valence-electron chi connectivity index (χ3n) is 5.19. The molecule has 0 bridgehead atoms. The topological polar surface area (TPSA) is 69.7 Å². The van der Waals surface area contributed by atoms with Gasteiger partial charge in [0.2, 0.25) is 0 Å². The normalized spacial score (nSPS) is 18.1. The second-order valence-electron chi connectivity index (χ2n) is 8.62. The molecule has 23 heteroatoms. The fraction of sp³-hybridized carbons (Fsp3) is 0.824. The first-order valence-electron chi connectivity index (χ1n) is 9.33. The van der Waals surface area contributed by atoms with E-state index in [0.717, 1.165) is 0 Å². The van der Waals surface area contributed by atoms with Crippen molar-refractivity contribution >= 4 is 18.1 Å². The summed E-state index contributed by atoms with van der Waals surface area (Å²) in [6.07, 6.45) is -22.0. The molecule has 0 saturated heterocycles. The van der Waals surface area contributed by atoms with Crippen LogP contribution < -0.4 is 0 Å². The van der Waals surface area contributed by atoms with E-state index in [9.17, 15) is 89.0 Å². The van der Waals surface area contributed by atoms with Gasteiger partial charge in [0.25, 0.3) is 0 Å². The van der Waals surface area contributed by atoms with Crippen molar-refractivity contribution in [1.82, 2.24) is 0 Å². The number of halogens is 18. The zero-order valence-corrected chi connectivity index (χ0v) is 19.3. The van der Waals surface area contributed by atoms with Gasteiger partial charge in [-0.25, -0.2) is 8.78 Å². The largest absolute Gasteiger partial charge is 0.435 e. The molecule has 0 spiro atoms. The Hall–Kier alpha value is -2.33. The molecule has 0 radical (unpaired) electrons. The molecule has 2 atom stereocenters. The number of hydrogen-bond acceptors (Lipinski definition) is 5. The molecule has 0 amide bonds. The molecule has 40 heavy (non-hydrogen) atoms. The van der Waals surface area contributed by atoms with Gasteiger partial charge in [-0.3, -0.25) is 14.4 Å². The molecule has 0 aliphatic carbocycles. The van der Waals surface area contributed by atoms with E-state index in [1.54, 1.807) is 0 Å². The molecule has 236 valence electrons. The lowest BCUT2D eigenvalue weighted by molar-refractivity contribution is -0.469. The Bertz CT molecular complexity index is 989. The van der Waals surface area contributed by atoms with Crippen LogP contribution in [0.4, 0.5) is 79.0 Å². The molecule has 0 saturated carbocycles. The zero-order valence-electron chi connectivity index (χ0n) is 19.3. The van der Waals surface area contributed by atoms with Crippen LogP contribution in [-0.4, -0.2) is 76.8 Å². The summed E-state index contributed by atoms with van der Waals surface area (Å²) in [5, 5.41) is 0. The van der Waals surface area contributed by atoms with Crippen molar-refractivity contribution in [1.29, 1.82) is 0 Å². The quantitative estimate of drug-likeness (QED) is 0.190. The molecule has 5 nitrogen and oxygen atoms in total. The van der Waals surface area contributed by atoms with Crippen molar-refractivity contribution in [2.45, 2.75) is 86.4 Å². The van der Waals surface area contributed by atoms with Crippen molar-refractivity contribution in [3.8, 4) is 0 Å². The van der Waals surface area contributed by atoms with Gasteiger partial charge in [0.05, 0.1) is 0 Å². The third kappa shape index (κ3) is 5.22. The highest BCUT2D eigenvalue weighted by molar-refractivity contribution is 5.83. The Labute approximate surface area is 208 Å². The van der Waals surface area contributed by atoms with Crippen LogP contribution >= 0.6 is 0 Å². The molecule has 0 aromatic heterocycles. The van der Waals surface area contributed by atoms with Gasteiger partial charge in [0.1, 0.15) is 11.2 Å². The smallest absolute Gasteiger partial charge is 0.325 e. The molecule has 0 fully saturated rings. The first-order valence-corrected chi connectivity index (χ1v) is 9.33. The summed E-state index contributed by atoms with van der Waals surface area (Å²) in [4.78, 5) is 31.4. The van der Waals surface area contributed by atoms with E-state index in [1.807, 2.05) is 0 Å². The SMILES string of the molecule is CC(C)(OC(F)(F)C(F)(C(F)(F)F)C(C)(C)OC(F)(C(F)(F)C(=O)F)C(F)(F)C(=O)F)C(F)(C(=O)F)C(F)(F)F. The van der Waals surface area contributed by atoms with Crippen molar-refractivity contribution in [3.63, 3.8) is 0 Å². The van der Waals surface area contributed by atoms with Gasteiger partial charge in [-0.05, 0) is 27.7 Å². The highest BCUT2D eigenvalue weighted by Gasteiger charge is 2.87. The van der Waals surface area contributed by atoms with Gasteiger partial charge in [-0.2, -0.15) is 70.2 Å². The molecule has 0 aliphatic heterocycles. The molecule has 0 aromatic rings. The Morgan fingerprint density at radius 3 is 1.02 bits per heavy atom. The van der Waals surface area contributed by atoms with Crippen molar-refractivity contribution < 1.29 is 103 Å².